The molecule has 94 valence electrons. The molecule has 3 unspecified atom stereocenters. The molecule has 0 amide bonds. The van der Waals surface area contributed by atoms with E-state index in [2.05, 4.69) is 15.9 Å². The van der Waals surface area contributed by atoms with Crippen molar-refractivity contribution in [2.45, 2.75) is 25.3 Å². The maximum Gasteiger partial charge on any atom is 0.168 e. The quantitative estimate of drug-likeness (QED) is 0.697. The number of allylic oxidation sites excluding steroid dienone is 4. The van der Waals surface area contributed by atoms with Crippen molar-refractivity contribution in [2.24, 2.45) is 17.6 Å². The lowest BCUT2D eigenvalue weighted by Crippen LogP contribution is -2.44. The lowest BCUT2D eigenvalue weighted by Gasteiger charge is -2.36. The maximum atomic E-state index is 12.5. The smallest absolute Gasteiger partial charge is 0.168 e. The van der Waals surface area contributed by atoms with Crippen molar-refractivity contribution in [2.75, 3.05) is 0 Å². The van der Waals surface area contributed by atoms with E-state index in [9.17, 15) is 9.59 Å². The highest BCUT2D eigenvalue weighted by molar-refractivity contribution is 9.12. The van der Waals surface area contributed by atoms with Crippen LogP contribution in [0.3, 0.4) is 0 Å². The van der Waals surface area contributed by atoms with Gasteiger partial charge in [-0.3, -0.25) is 9.59 Å². The van der Waals surface area contributed by atoms with Gasteiger partial charge in [0.1, 0.15) is 0 Å². The number of nitrogens with two attached hydrogens (primary N) is 1. The summed E-state index contributed by atoms with van der Waals surface area (Å²) in [5.74, 6) is -0.216. The van der Waals surface area contributed by atoms with Crippen LogP contribution in [0.2, 0.25) is 0 Å². The molecule has 0 saturated carbocycles. The lowest BCUT2D eigenvalue weighted by atomic mass is 9.67. The first kappa shape index (κ1) is 12.1. The van der Waals surface area contributed by atoms with Gasteiger partial charge in [0.05, 0.1) is 0 Å². The Bertz CT molecular complexity index is 530. The van der Waals surface area contributed by atoms with Gasteiger partial charge >= 0.3 is 0 Å². The molecule has 0 aromatic rings. The number of carbonyl (C=O) groups is 2. The SMILES string of the molecule is NC1CC=C(Br)C2=C1C(=O)C1CC=CCC1C2=O. The molecule has 0 radical (unpaired) electrons. The van der Waals surface area contributed by atoms with Gasteiger partial charge in [0.15, 0.2) is 11.6 Å². The number of fused-ring (bicyclic) bond motifs is 1. The van der Waals surface area contributed by atoms with E-state index < -0.39 is 0 Å². The van der Waals surface area contributed by atoms with Gasteiger partial charge < -0.3 is 5.73 Å². The molecule has 4 heteroatoms. The molecule has 3 aliphatic rings. The second-order valence-corrected chi connectivity index (χ2v) is 5.92. The van der Waals surface area contributed by atoms with Gasteiger partial charge in [0.25, 0.3) is 0 Å². The average Bonchev–Trinajstić information content (AvgIpc) is 2.38. The van der Waals surface area contributed by atoms with Gasteiger partial charge in [-0.15, -0.1) is 0 Å². The minimum Gasteiger partial charge on any atom is -0.324 e. The molecular weight excluding hydrogens is 294 g/mol. The highest BCUT2D eigenvalue weighted by atomic mass is 79.9. The van der Waals surface area contributed by atoms with E-state index in [-0.39, 0.29) is 29.4 Å². The summed E-state index contributed by atoms with van der Waals surface area (Å²) in [5, 5.41) is 0. The first-order valence-electron chi connectivity index (χ1n) is 6.20. The fourth-order valence-corrected chi connectivity index (χ4v) is 3.70. The number of ketones is 2. The van der Waals surface area contributed by atoms with Gasteiger partial charge in [-0.1, -0.05) is 34.2 Å². The van der Waals surface area contributed by atoms with Crippen molar-refractivity contribution in [3.05, 3.63) is 33.9 Å². The summed E-state index contributed by atoms with van der Waals surface area (Å²) >= 11 is 3.40. The summed E-state index contributed by atoms with van der Waals surface area (Å²) < 4.78 is 0.741. The fraction of sp³-hybridized carbons (Fsp3) is 0.429. The molecule has 0 heterocycles. The summed E-state index contributed by atoms with van der Waals surface area (Å²) in [6.45, 7) is 0. The van der Waals surface area contributed by atoms with Crippen LogP contribution in [0.15, 0.2) is 33.9 Å². The third-order valence-electron chi connectivity index (χ3n) is 4.05. The van der Waals surface area contributed by atoms with Crippen LogP contribution in [0.1, 0.15) is 19.3 Å². The monoisotopic (exact) mass is 307 g/mol. The molecule has 0 spiro atoms. The second-order valence-electron chi connectivity index (χ2n) is 5.07. The molecule has 3 atom stereocenters. The molecule has 3 rings (SSSR count). The molecule has 18 heavy (non-hydrogen) atoms. The summed E-state index contributed by atoms with van der Waals surface area (Å²) in [5.41, 5.74) is 7.10. The molecule has 0 aliphatic heterocycles. The summed E-state index contributed by atoms with van der Waals surface area (Å²) in [7, 11) is 0. The number of rotatable bonds is 0. The van der Waals surface area contributed by atoms with Crippen LogP contribution in [0.5, 0.6) is 0 Å². The molecule has 0 aromatic carbocycles. The van der Waals surface area contributed by atoms with Crippen LogP contribution in [0.4, 0.5) is 0 Å². The zero-order chi connectivity index (χ0) is 12.9. The molecule has 0 bridgehead atoms. The fourth-order valence-electron chi connectivity index (χ4n) is 3.10. The normalized spacial score (nSPS) is 35.2. The van der Waals surface area contributed by atoms with Gasteiger partial charge in [0.2, 0.25) is 0 Å². The topological polar surface area (TPSA) is 60.2 Å². The Morgan fingerprint density at radius 1 is 1.06 bits per heavy atom. The van der Waals surface area contributed by atoms with Crippen molar-refractivity contribution in [1.82, 2.24) is 0 Å². The molecular formula is C14H14BrNO2. The summed E-state index contributed by atoms with van der Waals surface area (Å²) in [4.78, 5) is 25.0. The third kappa shape index (κ3) is 1.59. The van der Waals surface area contributed by atoms with Crippen LogP contribution in [-0.4, -0.2) is 17.6 Å². The Kier molecular flexibility index (Phi) is 2.87. The molecule has 3 aliphatic carbocycles. The minimum atomic E-state index is -0.329. The average molecular weight is 308 g/mol. The van der Waals surface area contributed by atoms with Crippen molar-refractivity contribution in [3.8, 4) is 0 Å². The first-order chi connectivity index (χ1) is 8.61. The van der Waals surface area contributed by atoms with Gasteiger partial charge in [0, 0.05) is 33.5 Å². The molecule has 3 nitrogen and oxygen atoms in total. The number of hydrogen-bond acceptors (Lipinski definition) is 3. The van der Waals surface area contributed by atoms with E-state index in [0.29, 0.717) is 30.4 Å². The lowest BCUT2D eigenvalue weighted by molar-refractivity contribution is -0.130. The largest absolute Gasteiger partial charge is 0.324 e. The number of Topliss-reactive ketones (excluding diaryl/α,β-unsaturated/α-hetero) is 2. The minimum absolute atomic E-state index is 0.0801. The van der Waals surface area contributed by atoms with E-state index in [4.69, 9.17) is 5.73 Å². The van der Waals surface area contributed by atoms with E-state index in [1.165, 1.54) is 0 Å². The zero-order valence-corrected chi connectivity index (χ0v) is 11.4. The Morgan fingerprint density at radius 2 is 1.67 bits per heavy atom. The Balaban J connectivity index is 2.14. The van der Waals surface area contributed by atoms with E-state index >= 15 is 0 Å². The predicted molar refractivity (Wildman–Crippen MR) is 72.0 cm³/mol. The number of halogens is 1. The maximum absolute atomic E-state index is 12.5. The van der Waals surface area contributed by atoms with Crippen LogP contribution in [0, 0.1) is 11.8 Å². The highest BCUT2D eigenvalue weighted by Gasteiger charge is 2.45. The highest BCUT2D eigenvalue weighted by Crippen LogP contribution is 2.42. The number of hydrogen-bond donors (Lipinski definition) is 1. The van der Waals surface area contributed by atoms with Crippen LogP contribution < -0.4 is 5.73 Å². The van der Waals surface area contributed by atoms with Crippen molar-refractivity contribution in [1.29, 1.82) is 0 Å². The second kappa shape index (κ2) is 4.28. The van der Waals surface area contributed by atoms with E-state index in [0.717, 1.165) is 4.48 Å². The predicted octanol–water partition coefficient (Wildman–Crippen LogP) is 2.03. The molecule has 0 saturated heterocycles. The van der Waals surface area contributed by atoms with Crippen molar-refractivity contribution >= 4 is 27.5 Å². The van der Waals surface area contributed by atoms with Crippen LogP contribution >= 0.6 is 15.9 Å². The standard InChI is InChI=1S/C14H14BrNO2/c15-9-5-6-10(16)12-11(9)13(17)7-3-1-2-4-8(7)14(12)18/h1-2,5,7-8,10H,3-4,6,16H2. The third-order valence-corrected chi connectivity index (χ3v) is 4.77. The first-order valence-corrected chi connectivity index (χ1v) is 6.99. The Morgan fingerprint density at radius 3 is 2.33 bits per heavy atom. The summed E-state index contributed by atoms with van der Waals surface area (Å²) in [6.07, 6.45) is 7.84. The zero-order valence-electron chi connectivity index (χ0n) is 9.86. The summed E-state index contributed by atoms with van der Waals surface area (Å²) in [6, 6.07) is -0.329. The Hall–Kier alpha value is -1.00. The number of carbonyl (C=O) groups excluding carboxylic acids is 2. The van der Waals surface area contributed by atoms with Gasteiger partial charge in [-0.05, 0) is 19.3 Å². The van der Waals surface area contributed by atoms with Crippen molar-refractivity contribution in [3.63, 3.8) is 0 Å². The molecule has 0 fully saturated rings. The molecule has 2 N–H and O–H groups in total. The van der Waals surface area contributed by atoms with Crippen LogP contribution in [0.25, 0.3) is 0 Å². The van der Waals surface area contributed by atoms with Gasteiger partial charge in [-0.2, -0.15) is 0 Å². The van der Waals surface area contributed by atoms with Crippen LogP contribution in [-0.2, 0) is 9.59 Å². The van der Waals surface area contributed by atoms with Gasteiger partial charge in [-0.25, -0.2) is 0 Å². The Labute approximate surface area is 114 Å². The van der Waals surface area contributed by atoms with E-state index in [1.807, 2.05) is 18.2 Å². The van der Waals surface area contributed by atoms with E-state index in [1.54, 1.807) is 0 Å². The molecule has 0 aromatic heterocycles. The van der Waals surface area contributed by atoms with Crippen molar-refractivity contribution < 1.29 is 9.59 Å².